The molecule has 4 heteroatoms. The maximum absolute atomic E-state index is 6.65. The number of hydrogen-bond donors (Lipinski definition) is 0. The van der Waals surface area contributed by atoms with Crippen LogP contribution in [-0.4, -0.2) is 6.61 Å². The number of benzene rings is 2. The summed E-state index contributed by atoms with van der Waals surface area (Å²) in [6.07, 6.45) is 0. The van der Waals surface area contributed by atoms with Crippen LogP contribution in [-0.2, 0) is 0 Å². The van der Waals surface area contributed by atoms with Crippen molar-refractivity contribution >= 4 is 49.0 Å². The Hall–Kier alpha value is -1.03. The van der Waals surface area contributed by atoms with Gasteiger partial charge in [-0.15, -0.1) is 22.9 Å². The van der Waals surface area contributed by atoms with Gasteiger partial charge >= 0.3 is 0 Å². The minimum absolute atomic E-state index is 0.144. The Kier molecular flexibility index (Phi) is 4.53. The molecule has 3 rings (SSSR count). The molecule has 0 saturated carbocycles. The molecule has 0 fully saturated rings. The van der Waals surface area contributed by atoms with Crippen LogP contribution >= 0.6 is 38.9 Å². The molecular weight excluding hydrogens is 368 g/mol. The molecule has 1 atom stereocenters. The summed E-state index contributed by atoms with van der Waals surface area (Å²) in [5, 5.41) is 1.10. The topological polar surface area (TPSA) is 9.23 Å². The minimum atomic E-state index is -0.144. The van der Waals surface area contributed by atoms with Gasteiger partial charge in [0, 0.05) is 9.58 Å². The number of fused-ring (bicyclic) bond motifs is 1. The highest BCUT2D eigenvalue weighted by molar-refractivity contribution is 9.10. The molecule has 0 N–H and O–H groups in total. The summed E-state index contributed by atoms with van der Waals surface area (Å²) in [6.45, 7) is 2.63. The third-order valence-electron chi connectivity index (χ3n) is 3.24. The van der Waals surface area contributed by atoms with Gasteiger partial charge in [-0.3, -0.25) is 0 Å². The van der Waals surface area contributed by atoms with Crippen molar-refractivity contribution in [3.05, 3.63) is 63.4 Å². The van der Waals surface area contributed by atoms with Gasteiger partial charge in [-0.1, -0.05) is 24.3 Å². The highest BCUT2D eigenvalue weighted by Crippen LogP contribution is 2.39. The van der Waals surface area contributed by atoms with Crippen LogP contribution in [0, 0.1) is 0 Å². The molecule has 0 bridgehead atoms. The molecule has 0 saturated heterocycles. The normalized spacial score (nSPS) is 12.5. The van der Waals surface area contributed by atoms with Gasteiger partial charge < -0.3 is 4.74 Å². The van der Waals surface area contributed by atoms with Crippen LogP contribution in [0.25, 0.3) is 10.1 Å². The van der Waals surface area contributed by atoms with Crippen molar-refractivity contribution in [2.75, 3.05) is 6.61 Å². The van der Waals surface area contributed by atoms with Crippen molar-refractivity contribution in [1.29, 1.82) is 0 Å². The van der Waals surface area contributed by atoms with Crippen LogP contribution in [0.15, 0.2) is 53.0 Å². The molecular formula is C17H14BrClOS. The van der Waals surface area contributed by atoms with E-state index in [1.807, 2.05) is 25.1 Å². The predicted octanol–water partition coefficient (Wildman–Crippen LogP) is 6.39. The van der Waals surface area contributed by atoms with E-state index < -0.39 is 0 Å². The maximum Gasteiger partial charge on any atom is 0.133 e. The number of hydrogen-bond acceptors (Lipinski definition) is 2. The van der Waals surface area contributed by atoms with Gasteiger partial charge in [0.1, 0.15) is 5.75 Å². The number of thiophene rings is 1. The Bertz CT molecular complexity index is 735. The Balaban J connectivity index is 1.93. The summed E-state index contributed by atoms with van der Waals surface area (Å²) in [5.41, 5.74) is 1.07. The van der Waals surface area contributed by atoms with Crippen LogP contribution in [0.4, 0.5) is 0 Å². The molecule has 1 nitrogen and oxygen atoms in total. The standard InChI is InChI=1S/C17H14BrClOS/c1-2-20-14-8-7-12(9-13(14)18)17(19)16-10-11-5-3-4-6-15(11)21-16/h3-10,17H,2H2,1H3. The molecule has 0 spiro atoms. The lowest BCUT2D eigenvalue weighted by Gasteiger charge is -2.11. The Labute approximate surface area is 141 Å². The van der Waals surface area contributed by atoms with Crippen molar-refractivity contribution in [3.63, 3.8) is 0 Å². The summed E-state index contributed by atoms with van der Waals surface area (Å²) in [4.78, 5) is 1.16. The maximum atomic E-state index is 6.65. The molecule has 0 aliphatic rings. The number of alkyl halides is 1. The Morgan fingerprint density at radius 2 is 2.00 bits per heavy atom. The molecule has 3 aromatic rings. The van der Waals surface area contributed by atoms with Crippen molar-refractivity contribution < 1.29 is 4.74 Å². The van der Waals surface area contributed by atoms with Crippen LogP contribution in [0.1, 0.15) is 22.7 Å². The molecule has 0 amide bonds. The molecule has 2 aromatic carbocycles. The van der Waals surface area contributed by atoms with E-state index in [0.29, 0.717) is 6.61 Å². The van der Waals surface area contributed by atoms with Crippen molar-refractivity contribution in [3.8, 4) is 5.75 Å². The van der Waals surface area contributed by atoms with Gasteiger partial charge in [-0.2, -0.15) is 0 Å². The van der Waals surface area contributed by atoms with Gasteiger partial charge in [0.05, 0.1) is 16.5 Å². The van der Waals surface area contributed by atoms with Gasteiger partial charge in [0.2, 0.25) is 0 Å². The Morgan fingerprint density at radius 1 is 1.19 bits per heavy atom. The zero-order valence-electron chi connectivity index (χ0n) is 11.5. The van der Waals surface area contributed by atoms with E-state index in [4.69, 9.17) is 16.3 Å². The third kappa shape index (κ3) is 3.10. The molecule has 0 aliphatic heterocycles. The number of rotatable bonds is 4. The fourth-order valence-corrected chi connectivity index (χ4v) is 4.15. The lowest BCUT2D eigenvalue weighted by Crippen LogP contribution is -1.95. The summed E-state index contributed by atoms with van der Waals surface area (Å²) >= 11 is 11.9. The second kappa shape index (κ2) is 6.39. The van der Waals surface area contributed by atoms with Gasteiger partial charge in [-0.05, 0) is 58.1 Å². The summed E-state index contributed by atoms with van der Waals surface area (Å²) in [6, 6.07) is 16.5. The number of ether oxygens (including phenoxy) is 1. The molecule has 21 heavy (non-hydrogen) atoms. The zero-order chi connectivity index (χ0) is 14.8. The van der Waals surface area contributed by atoms with Crippen LogP contribution in [0.2, 0.25) is 0 Å². The van der Waals surface area contributed by atoms with Crippen molar-refractivity contribution in [2.45, 2.75) is 12.3 Å². The highest BCUT2D eigenvalue weighted by Gasteiger charge is 2.15. The lowest BCUT2D eigenvalue weighted by atomic mass is 10.1. The van der Waals surface area contributed by atoms with Crippen LogP contribution in [0.5, 0.6) is 5.75 Å². The molecule has 0 aliphatic carbocycles. The first-order valence-corrected chi connectivity index (χ1v) is 8.78. The fourth-order valence-electron chi connectivity index (χ4n) is 2.24. The SMILES string of the molecule is CCOc1ccc(C(Cl)c2cc3ccccc3s2)cc1Br. The van der Waals surface area contributed by atoms with E-state index in [0.717, 1.165) is 20.7 Å². The summed E-state index contributed by atoms with van der Waals surface area (Å²) < 4.78 is 7.74. The van der Waals surface area contributed by atoms with Crippen LogP contribution < -0.4 is 4.74 Å². The summed E-state index contributed by atoms with van der Waals surface area (Å²) in [7, 11) is 0. The van der Waals surface area contributed by atoms with E-state index >= 15 is 0 Å². The van der Waals surface area contributed by atoms with Crippen molar-refractivity contribution in [2.24, 2.45) is 0 Å². The van der Waals surface area contributed by atoms with Gasteiger partial charge in [0.15, 0.2) is 0 Å². The van der Waals surface area contributed by atoms with Crippen molar-refractivity contribution in [1.82, 2.24) is 0 Å². The number of halogens is 2. The second-order valence-corrected chi connectivity index (χ2v) is 7.08. The van der Waals surface area contributed by atoms with Gasteiger partial charge in [-0.25, -0.2) is 0 Å². The minimum Gasteiger partial charge on any atom is -0.493 e. The van der Waals surface area contributed by atoms with E-state index in [-0.39, 0.29) is 5.38 Å². The predicted molar refractivity (Wildman–Crippen MR) is 94.8 cm³/mol. The molecule has 0 radical (unpaired) electrons. The monoisotopic (exact) mass is 380 g/mol. The molecule has 1 unspecified atom stereocenters. The zero-order valence-corrected chi connectivity index (χ0v) is 14.6. The average molecular weight is 382 g/mol. The first kappa shape index (κ1) is 14.9. The third-order valence-corrected chi connectivity index (χ3v) is 5.66. The van der Waals surface area contributed by atoms with Crippen LogP contribution in [0.3, 0.4) is 0 Å². The second-order valence-electron chi connectivity index (χ2n) is 4.67. The van der Waals surface area contributed by atoms with E-state index in [2.05, 4.69) is 46.3 Å². The Morgan fingerprint density at radius 3 is 2.71 bits per heavy atom. The first-order chi connectivity index (χ1) is 10.2. The molecule has 108 valence electrons. The smallest absolute Gasteiger partial charge is 0.133 e. The largest absolute Gasteiger partial charge is 0.493 e. The van der Waals surface area contributed by atoms with Gasteiger partial charge in [0.25, 0.3) is 0 Å². The summed E-state index contributed by atoms with van der Waals surface area (Å²) in [5.74, 6) is 0.849. The lowest BCUT2D eigenvalue weighted by molar-refractivity contribution is 0.338. The van der Waals surface area contributed by atoms with E-state index in [1.165, 1.54) is 10.1 Å². The quantitative estimate of drug-likeness (QED) is 0.476. The first-order valence-electron chi connectivity index (χ1n) is 6.74. The average Bonchev–Trinajstić information content (AvgIpc) is 2.92. The van der Waals surface area contributed by atoms with E-state index in [1.54, 1.807) is 11.3 Å². The fraction of sp³-hybridized carbons (Fsp3) is 0.176. The highest BCUT2D eigenvalue weighted by atomic mass is 79.9. The molecule has 1 heterocycles. The van der Waals surface area contributed by atoms with E-state index in [9.17, 15) is 0 Å². The molecule has 1 aromatic heterocycles.